The van der Waals surface area contributed by atoms with E-state index in [2.05, 4.69) is 0 Å². The van der Waals surface area contributed by atoms with Crippen molar-refractivity contribution in [1.29, 1.82) is 0 Å². The SMILES string of the molecule is Nc1ccc(F)c(-c2c(Cl)cc(Cl)c(Cl)c2Cl)c1. The lowest BCUT2D eigenvalue weighted by atomic mass is 10.0. The summed E-state index contributed by atoms with van der Waals surface area (Å²) in [6, 6.07) is 5.53. The van der Waals surface area contributed by atoms with Gasteiger partial charge in [-0.3, -0.25) is 0 Å². The molecule has 0 radical (unpaired) electrons. The third kappa shape index (κ3) is 2.39. The number of benzene rings is 2. The molecule has 0 heterocycles. The zero-order chi connectivity index (χ0) is 13.4. The molecular formula is C12H6Cl4FN. The minimum Gasteiger partial charge on any atom is -0.399 e. The first-order chi connectivity index (χ1) is 8.41. The van der Waals surface area contributed by atoms with E-state index >= 15 is 0 Å². The third-order valence-electron chi connectivity index (χ3n) is 2.37. The molecular weight excluding hydrogens is 319 g/mol. The van der Waals surface area contributed by atoms with E-state index in [1.165, 1.54) is 24.3 Å². The van der Waals surface area contributed by atoms with Crippen LogP contribution < -0.4 is 5.73 Å². The highest BCUT2D eigenvalue weighted by Gasteiger charge is 2.18. The van der Waals surface area contributed by atoms with Crippen molar-refractivity contribution in [1.82, 2.24) is 0 Å². The molecule has 0 fully saturated rings. The van der Waals surface area contributed by atoms with Crippen molar-refractivity contribution in [3.8, 4) is 11.1 Å². The molecule has 0 aliphatic rings. The second kappa shape index (κ2) is 5.14. The normalized spacial score (nSPS) is 10.7. The number of anilines is 1. The van der Waals surface area contributed by atoms with Crippen LogP contribution in [0.5, 0.6) is 0 Å². The molecule has 2 N–H and O–H groups in total. The molecule has 0 aromatic heterocycles. The lowest BCUT2D eigenvalue weighted by Gasteiger charge is -2.11. The van der Waals surface area contributed by atoms with Gasteiger partial charge in [-0.25, -0.2) is 4.39 Å². The van der Waals surface area contributed by atoms with Crippen molar-refractivity contribution in [3.63, 3.8) is 0 Å². The van der Waals surface area contributed by atoms with Crippen LogP contribution in [-0.4, -0.2) is 0 Å². The van der Waals surface area contributed by atoms with E-state index in [4.69, 9.17) is 52.1 Å². The Labute approximate surface area is 123 Å². The summed E-state index contributed by atoms with van der Waals surface area (Å²) >= 11 is 23.8. The molecule has 2 aromatic rings. The Kier molecular flexibility index (Phi) is 3.93. The van der Waals surface area contributed by atoms with E-state index in [9.17, 15) is 4.39 Å². The summed E-state index contributed by atoms with van der Waals surface area (Å²) in [6.45, 7) is 0. The molecule has 0 atom stereocenters. The number of rotatable bonds is 1. The lowest BCUT2D eigenvalue weighted by molar-refractivity contribution is 0.631. The van der Waals surface area contributed by atoms with E-state index in [1.807, 2.05) is 0 Å². The molecule has 0 spiro atoms. The second-order valence-corrected chi connectivity index (χ2v) is 5.15. The average molecular weight is 325 g/mol. The standard InChI is InChI=1S/C12H6Cl4FN/c13-7-4-8(14)11(15)12(16)10(7)6-3-5(18)1-2-9(6)17/h1-4H,18H2. The van der Waals surface area contributed by atoms with Crippen LogP contribution in [0.1, 0.15) is 0 Å². The first-order valence-corrected chi connectivity index (χ1v) is 6.31. The van der Waals surface area contributed by atoms with Gasteiger partial charge in [-0.15, -0.1) is 0 Å². The second-order valence-electron chi connectivity index (χ2n) is 3.58. The van der Waals surface area contributed by atoms with Crippen LogP contribution in [0.2, 0.25) is 20.1 Å². The molecule has 0 aliphatic heterocycles. The number of nitrogen functional groups attached to an aromatic ring is 1. The van der Waals surface area contributed by atoms with Crippen LogP contribution in [0.4, 0.5) is 10.1 Å². The van der Waals surface area contributed by atoms with Crippen LogP contribution >= 0.6 is 46.4 Å². The van der Waals surface area contributed by atoms with Gasteiger partial charge in [0.25, 0.3) is 0 Å². The summed E-state index contributed by atoms with van der Waals surface area (Å²) < 4.78 is 13.8. The molecule has 0 amide bonds. The maximum absolute atomic E-state index is 13.8. The van der Waals surface area contributed by atoms with Gasteiger partial charge in [0.2, 0.25) is 0 Å². The first kappa shape index (κ1) is 13.8. The molecule has 94 valence electrons. The lowest BCUT2D eigenvalue weighted by Crippen LogP contribution is -1.92. The zero-order valence-corrected chi connectivity index (χ0v) is 11.8. The van der Waals surface area contributed by atoms with Gasteiger partial charge < -0.3 is 5.73 Å². The summed E-state index contributed by atoms with van der Waals surface area (Å²) in [5.41, 5.74) is 6.47. The fraction of sp³-hybridized carbons (Fsp3) is 0. The minimum absolute atomic E-state index is 0.0960. The summed E-state index contributed by atoms with van der Waals surface area (Å²) in [6.07, 6.45) is 0. The van der Waals surface area contributed by atoms with Crippen molar-refractivity contribution < 1.29 is 4.39 Å². The zero-order valence-electron chi connectivity index (χ0n) is 8.78. The van der Waals surface area contributed by atoms with Gasteiger partial charge in [-0.05, 0) is 24.3 Å². The fourth-order valence-corrected chi connectivity index (χ4v) is 2.66. The maximum Gasteiger partial charge on any atom is 0.131 e. The highest BCUT2D eigenvalue weighted by Crippen LogP contribution is 2.44. The molecule has 0 aliphatic carbocycles. The number of hydrogen-bond acceptors (Lipinski definition) is 1. The Morgan fingerprint density at radius 2 is 1.56 bits per heavy atom. The summed E-state index contributed by atoms with van der Waals surface area (Å²) in [5, 5.41) is 0.636. The predicted molar refractivity (Wildman–Crippen MR) is 76.3 cm³/mol. The van der Waals surface area contributed by atoms with E-state index in [-0.39, 0.29) is 31.2 Å². The van der Waals surface area contributed by atoms with Gasteiger partial charge in [0.1, 0.15) is 5.82 Å². The largest absolute Gasteiger partial charge is 0.399 e. The highest BCUT2D eigenvalue weighted by molar-refractivity contribution is 6.51. The van der Waals surface area contributed by atoms with Gasteiger partial charge in [-0.1, -0.05) is 46.4 Å². The van der Waals surface area contributed by atoms with Crippen molar-refractivity contribution in [2.45, 2.75) is 0 Å². The fourth-order valence-electron chi connectivity index (χ4n) is 1.55. The van der Waals surface area contributed by atoms with Gasteiger partial charge in [0.05, 0.1) is 20.1 Å². The molecule has 0 saturated heterocycles. The summed E-state index contributed by atoms with van der Waals surface area (Å²) in [5.74, 6) is -0.494. The highest BCUT2D eigenvalue weighted by atomic mass is 35.5. The monoisotopic (exact) mass is 323 g/mol. The van der Waals surface area contributed by atoms with Crippen LogP contribution in [0.15, 0.2) is 24.3 Å². The van der Waals surface area contributed by atoms with Gasteiger partial charge in [0.15, 0.2) is 0 Å². The van der Waals surface area contributed by atoms with E-state index in [0.717, 1.165) is 0 Å². The van der Waals surface area contributed by atoms with Crippen molar-refractivity contribution >= 4 is 52.1 Å². The van der Waals surface area contributed by atoms with Crippen LogP contribution in [0.3, 0.4) is 0 Å². The molecule has 2 rings (SSSR count). The Hall–Kier alpha value is -0.670. The quantitative estimate of drug-likeness (QED) is 0.407. The van der Waals surface area contributed by atoms with Gasteiger partial charge in [0, 0.05) is 16.8 Å². The topological polar surface area (TPSA) is 26.0 Å². The van der Waals surface area contributed by atoms with Crippen molar-refractivity contribution in [3.05, 3.63) is 50.2 Å². The Balaban J connectivity index is 2.79. The summed E-state index contributed by atoms with van der Waals surface area (Å²) in [4.78, 5) is 0. The molecule has 1 nitrogen and oxygen atoms in total. The number of halogens is 5. The Morgan fingerprint density at radius 3 is 2.22 bits per heavy atom. The maximum atomic E-state index is 13.8. The molecule has 0 bridgehead atoms. The van der Waals surface area contributed by atoms with E-state index < -0.39 is 5.82 Å². The molecule has 0 unspecified atom stereocenters. The molecule has 18 heavy (non-hydrogen) atoms. The number of hydrogen-bond donors (Lipinski definition) is 1. The van der Waals surface area contributed by atoms with Gasteiger partial charge in [-0.2, -0.15) is 0 Å². The third-order valence-corrected chi connectivity index (χ3v) is 3.93. The van der Waals surface area contributed by atoms with Crippen molar-refractivity contribution in [2.24, 2.45) is 0 Å². The first-order valence-electron chi connectivity index (χ1n) is 4.80. The number of nitrogens with two attached hydrogens (primary N) is 1. The average Bonchev–Trinajstić information content (AvgIpc) is 2.31. The van der Waals surface area contributed by atoms with E-state index in [1.54, 1.807) is 0 Å². The van der Waals surface area contributed by atoms with E-state index in [0.29, 0.717) is 5.69 Å². The Bertz CT molecular complexity index is 628. The van der Waals surface area contributed by atoms with Gasteiger partial charge >= 0.3 is 0 Å². The summed E-state index contributed by atoms with van der Waals surface area (Å²) in [7, 11) is 0. The molecule has 0 saturated carbocycles. The smallest absolute Gasteiger partial charge is 0.131 e. The predicted octanol–water partition coefficient (Wildman–Crippen LogP) is 5.69. The van der Waals surface area contributed by atoms with Crippen LogP contribution in [0.25, 0.3) is 11.1 Å². The van der Waals surface area contributed by atoms with Crippen LogP contribution in [0, 0.1) is 5.82 Å². The minimum atomic E-state index is -0.494. The molecule has 6 heteroatoms. The van der Waals surface area contributed by atoms with Crippen molar-refractivity contribution in [2.75, 3.05) is 5.73 Å². The molecule has 2 aromatic carbocycles. The van der Waals surface area contributed by atoms with Crippen LogP contribution in [-0.2, 0) is 0 Å². The Morgan fingerprint density at radius 1 is 0.889 bits per heavy atom.